The average Bonchev–Trinajstić information content (AvgIpc) is 3.28. The summed E-state index contributed by atoms with van der Waals surface area (Å²) in [4.78, 5) is 29.0. The molecule has 4 rings (SSSR count). The van der Waals surface area contributed by atoms with Crippen LogP contribution in [0.1, 0.15) is 27.0 Å². The van der Waals surface area contributed by atoms with E-state index in [1.165, 1.54) is 25.3 Å². The number of rotatable bonds is 7. The summed E-state index contributed by atoms with van der Waals surface area (Å²) in [5.41, 5.74) is 1.13. The van der Waals surface area contributed by atoms with Crippen LogP contribution in [0.5, 0.6) is 5.75 Å². The highest BCUT2D eigenvalue weighted by Crippen LogP contribution is 2.29. The molecule has 36 heavy (non-hydrogen) atoms. The summed E-state index contributed by atoms with van der Waals surface area (Å²) in [6.07, 6.45) is -1.31. The zero-order chi connectivity index (χ0) is 25.7. The normalized spacial score (nSPS) is 11.8. The molecule has 2 amide bonds. The molecule has 3 aromatic carbocycles. The number of benzene rings is 3. The van der Waals surface area contributed by atoms with Crippen molar-refractivity contribution in [1.29, 1.82) is 0 Å². The van der Waals surface area contributed by atoms with Crippen LogP contribution in [0.4, 0.5) is 13.2 Å². The number of carbonyl (C=O) groups excluding carboxylic acids is 2. The highest BCUT2D eigenvalue weighted by molar-refractivity contribution is 6.06. The lowest BCUT2D eigenvalue weighted by atomic mass is 10.1. The third-order valence-corrected chi connectivity index (χ3v) is 5.46. The molecule has 0 saturated carbocycles. The summed E-state index contributed by atoms with van der Waals surface area (Å²) in [6, 6.07) is 18.4. The number of methoxy groups -OCH3 is 1. The number of carbonyl (C=O) groups is 2. The zero-order valence-electron chi connectivity index (χ0n) is 19.1. The minimum absolute atomic E-state index is 0.0699. The van der Waals surface area contributed by atoms with Crippen molar-refractivity contribution in [3.63, 3.8) is 0 Å². The lowest BCUT2D eigenvalue weighted by Crippen LogP contribution is -2.34. The SMILES string of the molecule is COc1ccc2[nH]cc(C=C(NC(=O)c3ccccc3)C(=O)NCc3cccc(C(F)(F)F)c3)c2c1. The number of hydrogen-bond acceptors (Lipinski definition) is 3. The van der Waals surface area contributed by atoms with Crippen LogP contribution in [-0.4, -0.2) is 23.9 Å². The summed E-state index contributed by atoms with van der Waals surface area (Å²) in [7, 11) is 1.54. The van der Waals surface area contributed by atoms with Gasteiger partial charge in [0.15, 0.2) is 0 Å². The van der Waals surface area contributed by atoms with Crippen molar-refractivity contribution >= 4 is 28.8 Å². The number of aromatic nitrogens is 1. The maximum Gasteiger partial charge on any atom is 0.416 e. The van der Waals surface area contributed by atoms with Gasteiger partial charge in [-0.2, -0.15) is 13.2 Å². The first kappa shape index (κ1) is 24.6. The Morgan fingerprint density at radius 1 is 1.00 bits per heavy atom. The topological polar surface area (TPSA) is 83.2 Å². The van der Waals surface area contributed by atoms with Gasteiger partial charge in [-0.15, -0.1) is 0 Å². The number of aromatic amines is 1. The zero-order valence-corrected chi connectivity index (χ0v) is 19.1. The Balaban J connectivity index is 1.63. The van der Waals surface area contributed by atoms with Gasteiger partial charge < -0.3 is 20.4 Å². The number of nitrogens with one attached hydrogen (secondary N) is 3. The van der Waals surface area contributed by atoms with Crippen LogP contribution in [-0.2, 0) is 17.5 Å². The van der Waals surface area contributed by atoms with Gasteiger partial charge in [0.1, 0.15) is 11.4 Å². The van der Waals surface area contributed by atoms with Gasteiger partial charge in [-0.1, -0.05) is 30.3 Å². The number of alkyl halides is 3. The molecule has 6 nitrogen and oxygen atoms in total. The Bertz CT molecular complexity index is 1430. The van der Waals surface area contributed by atoms with Crippen LogP contribution in [0.2, 0.25) is 0 Å². The molecule has 0 fully saturated rings. The lowest BCUT2D eigenvalue weighted by molar-refractivity contribution is -0.137. The van der Waals surface area contributed by atoms with E-state index in [0.29, 0.717) is 16.9 Å². The summed E-state index contributed by atoms with van der Waals surface area (Å²) in [5, 5.41) is 5.97. The maximum atomic E-state index is 13.1. The molecule has 0 atom stereocenters. The summed E-state index contributed by atoms with van der Waals surface area (Å²) < 4.78 is 44.4. The third kappa shape index (κ3) is 5.75. The first-order valence-electron chi connectivity index (χ1n) is 10.9. The van der Waals surface area contributed by atoms with Crippen molar-refractivity contribution < 1.29 is 27.5 Å². The van der Waals surface area contributed by atoms with E-state index in [0.717, 1.165) is 23.0 Å². The predicted octanol–water partition coefficient (Wildman–Crippen LogP) is 5.28. The van der Waals surface area contributed by atoms with E-state index in [2.05, 4.69) is 15.6 Å². The molecule has 1 aromatic heterocycles. The van der Waals surface area contributed by atoms with Gasteiger partial charge in [-0.25, -0.2) is 0 Å². The van der Waals surface area contributed by atoms with Gasteiger partial charge in [0, 0.05) is 34.8 Å². The summed E-state index contributed by atoms with van der Waals surface area (Å²) in [6.45, 7) is -0.164. The van der Waals surface area contributed by atoms with Crippen molar-refractivity contribution in [2.24, 2.45) is 0 Å². The van der Waals surface area contributed by atoms with Crippen LogP contribution in [0.3, 0.4) is 0 Å². The molecule has 3 N–H and O–H groups in total. The van der Waals surface area contributed by atoms with E-state index in [1.54, 1.807) is 48.7 Å². The van der Waals surface area contributed by atoms with Crippen molar-refractivity contribution in [2.45, 2.75) is 12.7 Å². The van der Waals surface area contributed by atoms with Crippen molar-refractivity contribution in [2.75, 3.05) is 7.11 Å². The second-order valence-electron chi connectivity index (χ2n) is 7.91. The van der Waals surface area contributed by atoms with Crippen LogP contribution in [0.25, 0.3) is 17.0 Å². The fourth-order valence-electron chi connectivity index (χ4n) is 3.60. The van der Waals surface area contributed by atoms with E-state index >= 15 is 0 Å². The van der Waals surface area contributed by atoms with Crippen molar-refractivity contribution in [3.05, 3.63) is 107 Å². The number of H-pyrrole nitrogens is 1. The monoisotopic (exact) mass is 493 g/mol. The van der Waals surface area contributed by atoms with Crippen LogP contribution < -0.4 is 15.4 Å². The first-order valence-corrected chi connectivity index (χ1v) is 10.9. The number of fused-ring (bicyclic) bond motifs is 1. The van der Waals surface area contributed by atoms with Gasteiger partial charge in [0.2, 0.25) is 0 Å². The third-order valence-electron chi connectivity index (χ3n) is 5.46. The summed E-state index contributed by atoms with van der Waals surface area (Å²) >= 11 is 0. The van der Waals surface area contributed by atoms with E-state index in [9.17, 15) is 22.8 Å². The molecule has 0 aliphatic carbocycles. The Hall–Kier alpha value is -4.53. The standard InChI is InChI=1S/C27H22F3N3O3/c1-36-21-10-11-23-22(14-21)19(16-31-23)13-24(33-25(34)18-7-3-2-4-8-18)26(35)32-15-17-6-5-9-20(12-17)27(28,29)30/h2-14,16,31H,15H2,1H3,(H,32,35)(H,33,34). The van der Waals surface area contributed by atoms with Gasteiger partial charge in [0.05, 0.1) is 12.7 Å². The molecular weight excluding hydrogens is 471 g/mol. The van der Waals surface area contributed by atoms with Gasteiger partial charge in [-0.05, 0) is 54.1 Å². The minimum atomic E-state index is -4.49. The minimum Gasteiger partial charge on any atom is -0.497 e. The molecule has 0 saturated heterocycles. The fourth-order valence-corrected chi connectivity index (χ4v) is 3.60. The molecule has 4 aromatic rings. The van der Waals surface area contributed by atoms with E-state index in [1.807, 2.05) is 6.07 Å². The first-order chi connectivity index (χ1) is 17.2. The van der Waals surface area contributed by atoms with Crippen molar-refractivity contribution in [1.82, 2.24) is 15.6 Å². The predicted molar refractivity (Wildman–Crippen MR) is 130 cm³/mol. The molecule has 0 bridgehead atoms. The highest BCUT2D eigenvalue weighted by Gasteiger charge is 2.30. The Labute approximate surface area is 204 Å². The smallest absolute Gasteiger partial charge is 0.416 e. The molecule has 0 radical (unpaired) electrons. The second-order valence-corrected chi connectivity index (χ2v) is 7.91. The molecule has 0 aliphatic rings. The van der Waals surface area contributed by atoms with E-state index in [-0.39, 0.29) is 17.8 Å². The van der Waals surface area contributed by atoms with Gasteiger partial charge >= 0.3 is 6.18 Å². The number of amides is 2. The fraction of sp³-hybridized carbons (Fsp3) is 0.111. The molecule has 0 unspecified atom stereocenters. The molecule has 184 valence electrons. The lowest BCUT2D eigenvalue weighted by Gasteiger charge is -2.12. The summed E-state index contributed by atoms with van der Waals surface area (Å²) in [5.74, 6) is -0.553. The van der Waals surface area contributed by atoms with Crippen molar-refractivity contribution in [3.8, 4) is 5.75 Å². The number of ether oxygens (including phenoxy) is 1. The van der Waals surface area contributed by atoms with Crippen LogP contribution >= 0.6 is 0 Å². The molecule has 0 spiro atoms. The Morgan fingerprint density at radius 2 is 1.78 bits per heavy atom. The molecule has 1 heterocycles. The van der Waals surface area contributed by atoms with Gasteiger partial charge in [0.25, 0.3) is 11.8 Å². The highest BCUT2D eigenvalue weighted by atomic mass is 19.4. The number of hydrogen-bond donors (Lipinski definition) is 3. The Morgan fingerprint density at radius 3 is 2.50 bits per heavy atom. The molecular formula is C27H22F3N3O3. The van der Waals surface area contributed by atoms with Gasteiger partial charge in [-0.3, -0.25) is 9.59 Å². The quantitative estimate of drug-likeness (QED) is 0.306. The van der Waals surface area contributed by atoms with E-state index in [4.69, 9.17) is 4.74 Å². The largest absolute Gasteiger partial charge is 0.497 e. The molecule has 9 heteroatoms. The average molecular weight is 493 g/mol. The number of halogens is 3. The van der Waals surface area contributed by atoms with Crippen LogP contribution in [0, 0.1) is 0 Å². The van der Waals surface area contributed by atoms with E-state index < -0.39 is 23.6 Å². The second kappa shape index (κ2) is 10.4. The van der Waals surface area contributed by atoms with Crippen LogP contribution in [0.15, 0.2) is 84.7 Å². The maximum absolute atomic E-state index is 13.1. The molecule has 0 aliphatic heterocycles. The Kier molecular flexibility index (Phi) is 7.10.